The maximum absolute atomic E-state index is 11.9. The fourth-order valence-corrected chi connectivity index (χ4v) is 12.9. The Morgan fingerprint density at radius 2 is 1.12 bits per heavy atom. The summed E-state index contributed by atoms with van der Waals surface area (Å²) in [6.07, 6.45) is 12.3. The van der Waals surface area contributed by atoms with Crippen molar-refractivity contribution >= 4 is 0 Å². The van der Waals surface area contributed by atoms with Crippen molar-refractivity contribution in [2.75, 3.05) is 0 Å². The van der Waals surface area contributed by atoms with Crippen molar-refractivity contribution in [1.29, 1.82) is 0 Å². The van der Waals surface area contributed by atoms with Crippen LogP contribution in [-0.4, -0.2) is 15.3 Å². The lowest BCUT2D eigenvalue weighted by molar-refractivity contribution is 0.173. The van der Waals surface area contributed by atoms with Gasteiger partial charge in [-0.15, -0.1) is 0 Å². The first-order valence-electron chi connectivity index (χ1n) is 16.4. The molecule has 41 heavy (non-hydrogen) atoms. The van der Waals surface area contributed by atoms with Crippen LogP contribution in [-0.2, 0) is 10.8 Å². The Morgan fingerprint density at radius 3 is 1.78 bits per heavy atom. The number of fused-ring (bicyclic) bond motifs is 10. The third kappa shape index (κ3) is 3.06. The first kappa shape index (κ1) is 24.6. The molecule has 0 amide bonds. The highest BCUT2D eigenvalue weighted by Crippen LogP contribution is 2.73. The van der Waals surface area contributed by atoms with Crippen LogP contribution < -0.4 is 0 Å². The zero-order chi connectivity index (χ0) is 27.5. The summed E-state index contributed by atoms with van der Waals surface area (Å²) in [7, 11) is 0. The lowest BCUT2D eigenvalue weighted by Crippen LogP contribution is -2.40. The molecule has 9 rings (SSSR count). The Balaban J connectivity index is 1.09. The third-order valence-electron chi connectivity index (χ3n) is 13.9. The summed E-state index contributed by atoms with van der Waals surface area (Å²) in [6.45, 7) is 0. The lowest BCUT2D eigenvalue weighted by Gasteiger charge is -2.45. The van der Waals surface area contributed by atoms with Gasteiger partial charge in [0.15, 0.2) is 0 Å². The van der Waals surface area contributed by atoms with Crippen molar-refractivity contribution in [2.24, 2.45) is 35.5 Å². The van der Waals surface area contributed by atoms with E-state index < -0.39 is 0 Å². The van der Waals surface area contributed by atoms with Gasteiger partial charge >= 0.3 is 0 Å². The molecule has 4 bridgehead atoms. The van der Waals surface area contributed by atoms with Gasteiger partial charge in [-0.2, -0.15) is 0 Å². The maximum atomic E-state index is 11.9. The number of para-hydroxylation sites is 2. The van der Waals surface area contributed by atoms with E-state index in [4.69, 9.17) is 0 Å². The summed E-state index contributed by atoms with van der Waals surface area (Å²) < 4.78 is 0. The van der Waals surface area contributed by atoms with E-state index in [0.717, 1.165) is 17.9 Å². The Hall–Kier alpha value is -2.94. The summed E-state index contributed by atoms with van der Waals surface area (Å²) in [5.41, 5.74) is 4.91. The smallest absolute Gasteiger partial charge is 0.119 e. The highest BCUT2D eigenvalue weighted by atomic mass is 16.3. The summed E-state index contributed by atoms with van der Waals surface area (Å²) in [5, 5.41) is 33.7. The van der Waals surface area contributed by atoms with E-state index in [-0.39, 0.29) is 10.8 Å². The van der Waals surface area contributed by atoms with Crippen molar-refractivity contribution in [1.82, 2.24) is 0 Å². The summed E-state index contributed by atoms with van der Waals surface area (Å²) in [5.74, 6) is 6.00. The van der Waals surface area contributed by atoms with E-state index >= 15 is 0 Å². The van der Waals surface area contributed by atoms with Gasteiger partial charge in [-0.1, -0.05) is 61.4 Å². The molecule has 3 N–H and O–H groups in total. The predicted molar refractivity (Wildman–Crippen MR) is 160 cm³/mol. The molecule has 3 heteroatoms. The van der Waals surface area contributed by atoms with E-state index in [2.05, 4.69) is 42.5 Å². The van der Waals surface area contributed by atoms with Crippen LogP contribution in [0.15, 0.2) is 66.7 Å². The van der Waals surface area contributed by atoms with Crippen LogP contribution in [0.2, 0.25) is 0 Å². The second kappa shape index (κ2) is 8.55. The normalized spacial score (nSPS) is 41.7. The van der Waals surface area contributed by atoms with E-state index in [0.29, 0.717) is 58.7 Å². The van der Waals surface area contributed by atoms with Crippen molar-refractivity contribution < 1.29 is 15.3 Å². The maximum Gasteiger partial charge on any atom is 0.119 e. The number of hydrogen-bond acceptors (Lipinski definition) is 3. The first-order chi connectivity index (χ1) is 20.0. The number of phenols is 3. The monoisotopic (exact) mass is 546 g/mol. The summed E-state index contributed by atoms with van der Waals surface area (Å²) in [4.78, 5) is 0. The van der Waals surface area contributed by atoms with Crippen molar-refractivity contribution in [3.63, 3.8) is 0 Å². The van der Waals surface area contributed by atoms with Gasteiger partial charge in [-0.3, -0.25) is 0 Å². The van der Waals surface area contributed by atoms with Crippen LogP contribution in [0.3, 0.4) is 0 Å². The lowest BCUT2D eigenvalue weighted by atomic mass is 9.58. The molecule has 3 aromatic rings. The molecule has 3 nitrogen and oxygen atoms in total. The van der Waals surface area contributed by atoms with Crippen molar-refractivity contribution in [2.45, 2.75) is 86.9 Å². The topological polar surface area (TPSA) is 60.7 Å². The molecule has 0 radical (unpaired) electrons. The summed E-state index contributed by atoms with van der Waals surface area (Å²) >= 11 is 0. The van der Waals surface area contributed by atoms with Crippen LogP contribution in [0.25, 0.3) is 0 Å². The fraction of sp³-hybridized carbons (Fsp3) is 0.526. The Morgan fingerprint density at radius 1 is 0.537 bits per heavy atom. The summed E-state index contributed by atoms with van der Waals surface area (Å²) in [6, 6.07) is 23.0. The van der Waals surface area contributed by atoms with Crippen LogP contribution in [0.5, 0.6) is 17.2 Å². The van der Waals surface area contributed by atoms with E-state index in [1.807, 2.05) is 24.3 Å². The van der Waals surface area contributed by atoms with E-state index in [1.54, 1.807) is 0 Å². The highest BCUT2D eigenvalue weighted by molar-refractivity contribution is 5.50. The largest absolute Gasteiger partial charge is 0.508 e. The number of phenolic OH excluding ortho intramolecular Hbond substituents is 3. The molecule has 10 atom stereocenters. The Kier molecular flexibility index (Phi) is 5.14. The van der Waals surface area contributed by atoms with Gasteiger partial charge in [-0.25, -0.2) is 0 Å². The van der Waals surface area contributed by atoms with Gasteiger partial charge in [0, 0.05) is 22.0 Å². The van der Waals surface area contributed by atoms with Crippen LogP contribution in [0.1, 0.15) is 98.3 Å². The molecule has 0 aromatic heterocycles. The average molecular weight is 547 g/mol. The minimum absolute atomic E-state index is 0.0285. The molecule has 6 aliphatic rings. The molecule has 10 unspecified atom stereocenters. The fourth-order valence-electron chi connectivity index (χ4n) is 12.9. The number of hydrogen-bond donors (Lipinski definition) is 3. The molecule has 0 aliphatic heterocycles. The molecular formula is C38H42O3. The number of rotatable bonds is 4. The van der Waals surface area contributed by atoms with Gasteiger partial charge in [0.1, 0.15) is 17.2 Å². The minimum Gasteiger partial charge on any atom is -0.508 e. The zero-order valence-corrected chi connectivity index (χ0v) is 23.9. The van der Waals surface area contributed by atoms with Gasteiger partial charge in [0.2, 0.25) is 0 Å². The van der Waals surface area contributed by atoms with Crippen LogP contribution >= 0.6 is 0 Å². The SMILES string of the molecule is Oc1ccccc1C1CC2CC1C1(c3ccc(C4CC5CC4C4(c6ccccc6O)CCCC54)cc3O)CCCC21. The van der Waals surface area contributed by atoms with Crippen molar-refractivity contribution in [3.05, 3.63) is 89.0 Å². The van der Waals surface area contributed by atoms with E-state index in [9.17, 15) is 15.3 Å². The van der Waals surface area contributed by atoms with Gasteiger partial charge in [0.25, 0.3) is 0 Å². The minimum atomic E-state index is 0.0285. The number of benzene rings is 3. The molecule has 0 saturated heterocycles. The van der Waals surface area contributed by atoms with Crippen LogP contribution in [0, 0.1) is 35.5 Å². The third-order valence-corrected chi connectivity index (χ3v) is 13.9. The molecule has 6 aliphatic carbocycles. The molecule has 212 valence electrons. The van der Waals surface area contributed by atoms with Gasteiger partial charge < -0.3 is 15.3 Å². The Labute approximate surface area is 243 Å². The van der Waals surface area contributed by atoms with Crippen LogP contribution in [0.4, 0.5) is 0 Å². The second-order valence-electron chi connectivity index (χ2n) is 14.8. The molecular weight excluding hydrogens is 504 g/mol. The molecule has 0 spiro atoms. The highest BCUT2D eigenvalue weighted by Gasteiger charge is 2.66. The van der Waals surface area contributed by atoms with Crippen molar-refractivity contribution in [3.8, 4) is 17.2 Å². The standard InChI is InChI=1S/C38H42O3/c39-34-11-3-1-7-25(34)27-18-24-20-33(27)38(16-6-10-29(24)38)31-14-13-22(21-36(31)41)26-17-23-19-32(26)37(15-5-9-28(23)37)30-8-2-4-12-35(30)40/h1-4,7-8,11-14,21,23-24,26-29,32-33,39-41H,5-6,9-10,15-20H2. The quantitative estimate of drug-likeness (QED) is 0.307. The average Bonchev–Trinajstić information content (AvgIpc) is 3.80. The molecule has 6 fully saturated rings. The zero-order valence-electron chi connectivity index (χ0n) is 23.9. The predicted octanol–water partition coefficient (Wildman–Crippen LogP) is 8.53. The van der Waals surface area contributed by atoms with Gasteiger partial charge in [0.05, 0.1) is 0 Å². The van der Waals surface area contributed by atoms with Gasteiger partial charge in [-0.05, 0) is 128 Å². The van der Waals surface area contributed by atoms with E-state index in [1.165, 1.54) is 74.5 Å². The second-order valence-corrected chi connectivity index (χ2v) is 14.8. The molecule has 0 heterocycles. The first-order valence-corrected chi connectivity index (χ1v) is 16.4. The molecule has 6 saturated carbocycles. The Bertz CT molecular complexity index is 1530. The number of aromatic hydroxyl groups is 3. The molecule has 3 aromatic carbocycles.